The van der Waals surface area contributed by atoms with Crippen molar-refractivity contribution in [1.82, 2.24) is 4.98 Å². The van der Waals surface area contributed by atoms with Gasteiger partial charge in [-0.1, -0.05) is 19.4 Å². The summed E-state index contributed by atoms with van der Waals surface area (Å²) in [7, 11) is -3.28. The van der Waals surface area contributed by atoms with Crippen LogP contribution in [0.2, 0.25) is 0 Å². The summed E-state index contributed by atoms with van der Waals surface area (Å²) in [5.41, 5.74) is 2.81. The molecule has 0 atom stereocenters. The van der Waals surface area contributed by atoms with Gasteiger partial charge >= 0.3 is 0 Å². The summed E-state index contributed by atoms with van der Waals surface area (Å²) in [5, 5.41) is 0. The maximum atomic E-state index is 12.9. The molecule has 7 heteroatoms. The first kappa shape index (κ1) is 23.1. The summed E-state index contributed by atoms with van der Waals surface area (Å²) in [6.07, 6.45) is 7.92. The Morgan fingerprint density at radius 1 is 1.36 bits per heavy atom. The van der Waals surface area contributed by atoms with Gasteiger partial charge in [-0.05, 0) is 58.8 Å². The third kappa shape index (κ3) is 5.03. The van der Waals surface area contributed by atoms with Crippen molar-refractivity contribution in [2.75, 3.05) is 34.3 Å². The minimum absolute atomic E-state index is 0.222. The van der Waals surface area contributed by atoms with Crippen LogP contribution in [-0.2, 0) is 10.0 Å². The lowest BCUT2D eigenvalue weighted by atomic mass is 10.1. The van der Waals surface area contributed by atoms with Crippen LogP contribution in [0.1, 0.15) is 66.0 Å². The Labute approximate surface area is 175 Å². The van der Waals surface area contributed by atoms with Gasteiger partial charge < -0.3 is 4.90 Å². The average Bonchev–Trinajstić information content (AvgIpc) is 2.65. The topological polar surface area (TPSA) is 53.5 Å². The van der Waals surface area contributed by atoms with E-state index in [-0.39, 0.29) is 11.8 Å². The highest BCUT2D eigenvalue weighted by atomic mass is 32.2. The van der Waals surface area contributed by atoms with Crippen molar-refractivity contribution in [2.24, 2.45) is 0 Å². The lowest BCUT2D eigenvalue weighted by Gasteiger charge is -2.33. The highest BCUT2D eigenvalue weighted by Gasteiger charge is 2.30. The van der Waals surface area contributed by atoms with E-state index in [2.05, 4.69) is 45.6 Å². The SMILES string of the molecule is CCC/C=C(\C)c1nc(N(CC)C(C)C)cc(N2CCCCS2(=O)=O)c1SC. The largest absolute Gasteiger partial charge is 0.354 e. The number of unbranched alkanes of at least 4 members (excludes halogenated alkanes) is 1. The molecule has 1 saturated heterocycles. The van der Waals surface area contributed by atoms with E-state index in [0.717, 1.165) is 59.9 Å². The summed E-state index contributed by atoms with van der Waals surface area (Å²) in [6, 6.07) is 2.27. The zero-order chi connectivity index (χ0) is 20.9. The van der Waals surface area contributed by atoms with E-state index in [9.17, 15) is 8.42 Å². The maximum absolute atomic E-state index is 12.9. The molecular formula is C21H35N3O2S2. The Morgan fingerprint density at radius 3 is 2.61 bits per heavy atom. The lowest BCUT2D eigenvalue weighted by Crippen LogP contribution is -2.39. The van der Waals surface area contributed by atoms with Gasteiger partial charge in [-0.2, -0.15) is 0 Å². The number of hydrogen-bond donors (Lipinski definition) is 0. The Hall–Kier alpha value is -1.21. The normalized spacial score (nSPS) is 17.2. The van der Waals surface area contributed by atoms with E-state index in [1.807, 2.05) is 12.3 Å². The van der Waals surface area contributed by atoms with Gasteiger partial charge in [0, 0.05) is 25.2 Å². The van der Waals surface area contributed by atoms with Crippen LogP contribution >= 0.6 is 11.8 Å². The van der Waals surface area contributed by atoms with Crippen LogP contribution in [0.4, 0.5) is 11.5 Å². The minimum atomic E-state index is -3.28. The molecule has 0 aliphatic carbocycles. The van der Waals surface area contributed by atoms with Gasteiger partial charge in [-0.3, -0.25) is 4.31 Å². The summed E-state index contributed by atoms with van der Waals surface area (Å²) in [4.78, 5) is 8.19. The van der Waals surface area contributed by atoms with E-state index in [1.54, 1.807) is 16.1 Å². The van der Waals surface area contributed by atoms with E-state index in [0.29, 0.717) is 6.54 Å². The summed E-state index contributed by atoms with van der Waals surface area (Å²) >= 11 is 1.59. The molecule has 1 aromatic heterocycles. The zero-order valence-electron chi connectivity index (χ0n) is 18.2. The van der Waals surface area contributed by atoms with Crippen molar-refractivity contribution in [3.63, 3.8) is 0 Å². The van der Waals surface area contributed by atoms with Crippen molar-refractivity contribution < 1.29 is 8.42 Å². The smallest absolute Gasteiger partial charge is 0.235 e. The molecule has 2 rings (SSSR count). The quantitative estimate of drug-likeness (QED) is 0.538. The average molecular weight is 426 g/mol. The second-order valence-electron chi connectivity index (χ2n) is 7.53. The number of nitrogens with zero attached hydrogens (tertiary/aromatic N) is 3. The molecule has 2 heterocycles. The molecule has 0 spiro atoms. The van der Waals surface area contributed by atoms with Crippen LogP contribution in [-0.4, -0.2) is 44.5 Å². The standard InChI is InChI=1S/C21H35N3O2S2/c1-7-9-12-17(5)20-21(27-6)18(24-13-10-11-14-28(24,25)26)15-19(22-20)23(8-2)16(3)4/h12,15-16H,7-11,13-14H2,1-6H3/b17-12+. The fourth-order valence-electron chi connectivity index (χ4n) is 3.62. The van der Waals surface area contributed by atoms with E-state index >= 15 is 0 Å². The summed E-state index contributed by atoms with van der Waals surface area (Å²) < 4.78 is 27.3. The Balaban J connectivity index is 2.74. The first-order valence-corrected chi connectivity index (χ1v) is 13.1. The molecule has 0 bridgehead atoms. The molecule has 0 aromatic carbocycles. The Morgan fingerprint density at radius 2 is 2.07 bits per heavy atom. The number of anilines is 2. The molecule has 28 heavy (non-hydrogen) atoms. The van der Waals surface area contributed by atoms with Crippen molar-refractivity contribution in [3.05, 3.63) is 17.8 Å². The number of pyridine rings is 1. The second-order valence-corrected chi connectivity index (χ2v) is 10.4. The van der Waals surface area contributed by atoms with Crippen LogP contribution in [0.25, 0.3) is 5.57 Å². The number of rotatable bonds is 8. The number of thioether (sulfide) groups is 1. The highest BCUT2D eigenvalue weighted by Crippen LogP contribution is 2.40. The third-order valence-corrected chi connectivity index (χ3v) is 7.80. The van der Waals surface area contributed by atoms with E-state index in [1.165, 1.54) is 0 Å². The molecule has 158 valence electrons. The fraction of sp³-hybridized carbons (Fsp3) is 0.667. The van der Waals surface area contributed by atoms with Crippen molar-refractivity contribution >= 4 is 38.9 Å². The summed E-state index contributed by atoms with van der Waals surface area (Å²) in [5.74, 6) is 1.07. The zero-order valence-corrected chi connectivity index (χ0v) is 19.8. The molecule has 5 nitrogen and oxygen atoms in total. The van der Waals surface area contributed by atoms with Crippen molar-refractivity contribution in [3.8, 4) is 0 Å². The van der Waals surface area contributed by atoms with E-state index < -0.39 is 10.0 Å². The van der Waals surface area contributed by atoms with Crippen LogP contribution in [0.3, 0.4) is 0 Å². The van der Waals surface area contributed by atoms with Crippen molar-refractivity contribution in [1.29, 1.82) is 0 Å². The summed E-state index contributed by atoms with van der Waals surface area (Å²) in [6.45, 7) is 12.0. The molecule has 0 amide bonds. The van der Waals surface area contributed by atoms with Crippen LogP contribution in [0, 0.1) is 0 Å². The molecule has 1 aliphatic rings. The Bertz CT molecular complexity index is 804. The molecule has 0 saturated carbocycles. The van der Waals surface area contributed by atoms with Gasteiger partial charge in [0.25, 0.3) is 0 Å². The molecule has 0 N–H and O–H groups in total. The van der Waals surface area contributed by atoms with Gasteiger partial charge in [0.2, 0.25) is 10.0 Å². The molecule has 0 radical (unpaired) electrons. The monoisotopic (exact) mass is 425 g/mol. The molecule has 1 aromatic rings. The highest BCUT2D eigenvalue weighted by molar-refractivity contribution is 7.99. The van der Waals surface area contributed by atoms with Crippen LogP contribution in [0.15, 0.2) is 17.0 Å². The van der Waals surface area contributed by atoms with Gasteiger partial charge in [0.05, 0.1) is 22.0 Å². The Kier molecular flexibility index (Phi) is 8.25. The molecule has 1 fully saturated rings. The van der Waals surface area contributed by atoms with Crippen LogP contribution in [0.5, 0.6) is 0 Å². The van der Waals surface area contributed by atoms with Gasteiger partial charge in [0.15, 0.2) is 0 Å². The molecule has 1 aliphatic heterocycles. The minimum Gasteiger partial charge on any atom is -0.354 e. The van der Waals surface area contributed by atoms with E-state index in [4.69, 9.17) is 4.98 Å². The first-order chi connectivity index (χ1) is 13.3. The number of sulfonamides is 1. The predicted molar refractivity (Wildman–Crippen MR) is 123 cm³/mol. The first-order valence-electron chi connectivity index (χ1n) is 10.3. The number of allylic oxidation sites excluding steroid dienone is 2. The van der Waals surface area contributed by atoms with Gasteiger partial charge in [-0.15, -0.1) is 11.8 Å². The van der Waals surface area contributed by atoms with Gasteiger partial charge in [-0.25, -0.2) is 13.4 Å². The van der Waals surface area contributed by atoms with Crippen LogP contribution < -0.4 is 9.21 Å². The number of hydrogen-bond acceptors (Lipinski definition) is 5. The third-order valence-electron chi connectivity index (χ3n) is 5.13. The molecular weight excluding hydrogens is 390 g/mol. The number of aromatic nitrogens is 1. The van der Waals surface area contributed by atoms with Crippen molar-refractivity contribution in [2.45, 2.75) is 71.2 Å². The maximum Gasteiger partial charge on any atom is 0.235 e. The fourth-order valence-corrected chi connectivity index (χ4v) is 6.09. The molecule has 0 unspecified atom stereocenters. The second kappa shape index (κ2) is 10.0. The predicted octanol–water partition coefficient (Wildman–Crippen LogP) is 5.17. The van der Waals surface area contributed by atoms with Gasteiger partial charge in [0.1, 0.15) is 5.82 Å². The lowest BCUT2D eigenvalue weighted by molar-refractivity contribution is 0.574.